The van der Waals surface area contributed by atoms with Gasteiger partial charge in [-0.2, -0.15) is 5.26 Å². The first kappa shape index (κ1) is 16.2. The molecule has 0 aliphatic carbocycles. The van der Waals surface area contributed by atoms with Crippen LogP contribution in [0.25, 0.3) is 0 Å². The predicted molar refractivity (Wildman–Crippen MR) is 79.6 cm³/mol. The summed E-state index contributed by atoms with van der Waals surface area (Å²) in [7, 11) is 1.55. The Bertz CT molecular complexity index is 508. The molecule has 3 heteroatoms. The van der Waals surface area contributed by atoms with E-state index in [4.69, 9.17) is 4.74 Å². The van der Waals surface area contributed by atoms with Crippen LogP contribution in [0.5, 0.6) is 5.75 Å². The number of para-hydroxylation sites is 1. The topological polar surface area (TPSA) is 50.1 Å². The Balaban J connectivity index is 2.97. The Kier molecular flexibility index (Phi) is 5.33. The smallest absolute Gasteiger partial charge is 0.154 e. The van der Waals surface area contributed by atoms with Crippen molar-refractivity contribution in [2.45, 2.75) is 40.0 Å². The van der Waals surface area contributed by atoms with Crippen molar-refractivity contribution in [3.05, 3.63) is 29.8 Å². The molecule has 0 N–H and O–H groups in total. The van der Waals surface area contributed by atoms with Gasteiger partial charge in [0.2, 0.25) is 0 Å². The van der Waals surface area contributed by atoms with Crippen LogP contribution in [0.4, 0.5) is 0 Å². The van der Waals surface area contributed by atoms with Gasteiger partial charge in [0.15, 0.2) is 5.78 Å². The first-order valence-corrected chi connectivity index (χ1v) is 6.86. The minimum absolute atomic E-state index is 0.0422. The van der Waals surface area contributed by atoms with Crippen molar-refractivity contribution >= 4 is 5.78 Å². The lowest BCUT2D eigenvalue weighted by molar-refractivity contribution is -0.120. The number of hydrogen-bond acceptors (Lipinski definition) is 3. The predicted octanol–water partition coefficient (Wildman–Crippen LogP) is 3.94. The van der Waals surface area contributed by atoms with Crippen LogP contribution in [0.2, 0.25) is 0 Å². The molecule has 1 rings (SSSR count). The molecule has 0 amide bonds. The van der Waals surface area contributed by atoms with E-state index in [0.717, 1.165) is 0 Å². The van der Waals surface area contributed by atoms with Crippen molar-refractivity contribution in [2.24, 2.45) is 11.3 Å². The summed E-state index contributed by atoms with van der Waals surface area (Å²) in [5.41, 5.74) is 0.708. The summed E-state index contributed by atoms with van der Waals surface area (Å²) < 4.78 is 5.25. The summed E-state index contributed by atoms with van der Waals surface area (Å²) in [5.74, 6) is 0.0201. The van der Waals surface area contributed by atoms with Crippen molar-refractivity contribution in [3.63, 3.8) is 0 Å². The molecule has 1 aromatic rings. The Labute approximate surface area is 121 Å². The minimum atomic E-state index is -0.754. The number of nitriles is 1. The number of carbonyl (C=O) groups excluding carboxylic acids is 1. The highest BCUT2D eigenvalue weighted by molar-refractivity contribution is 5.89. The molecule has 0 bridgehead atoms. The second-order valence-electron chi connectivity index (χ2n) is 6.24. The van der Waals surface area contributed by atoms with Crippen LogP contribution < -0.4 is 4.74 Å². The Morgan fingerprint density at radius 1 is 1.35 bits per heavy atom. The van der Waals surface area contributed by atoms with Crippen molar-refractivity contribution in [1.82, 2.24) is 0 Å². The highest BCUT2D eigenvalue weighted by Crippen LogP contribution is 2.33. The number of ketones is 1. The van der Waals surface area contributed by atoms with Crippen LogP contribution in [0.15, 0.2) is 24.3 Å². The maximum absolute atomic E-state index is 12.4. The molecule has 2 unspecified atom stereocenters. The average Bonchev–Trinajstić information content (AvgIpc) is 2.39. The van der Waals surface area contributed by atoms with Gasteiger partial charge in [0.1, 0.15) is 11.7 Å². The molecule has 108 valence electrons. The van der Waals surface area contributed by atoms with E-state index >= 15 is 0 Å². The Morgan fingerprint density at radius 3 is 2.45 bits per heavy atom. The van der Waals surface area contributed by atoms with Gasteiger partial charge in [0.05, 0.1) is 13.2 Å². The molecule has 0 heterocycles. The number of carbonyl (C=O) groups is 1. The first-order valence-electron chi connectivity index (χ1n) is 6.86. The largest absolute Gasteiger partial charge is 0.496 e. The quantitative estimate of drug-likeness (QED) is 0.816. The van der Waals surface area contributed by atoms with Gasteiger partial charge in [-0.05, 0) is 17.4 Å². The molecule has 0 fully saturated rings. The fraction of sp³-hybridized carbons (Fsp3) is 0.529. The van der Waals surface area contributed by atoms with E-state index in [0.29, 0.717) is 17.7 Å². The van der Waals surface area contributed by atoms with Crippen LogP contribution in [0.3, 0.4) is 0 Å². The molecular formula is C17H23NO2. The second-order valence-corrected chi connectivity index (χ2v) is 6.24. The van der Waals surface area contributed by atoms with Crippen LogP contribution in [0.1, 0.15) is 45.6 Å². The summed E-state index contributed by atoms with van der Waals surface area (Å²) in [6.07, 6.45) is 0.403. The molecule has 0 saturated carbocycles. The van der Waals surface area contributed by atoms with E-state index in [-0.39, 0.29) is 17.1 Å². The molecule has 0 aromatic heterocycles. The lowest BCUT2D eigenvalue weighted by atomic mass is 9.77. The monoisotopic (exact) mass is 273 g/mol. The lowest BCUT2D eigenvalue weighted by Gasteiger charge is -2.27. The van der Waals surface area contributed by atoms with Crippen LogP contribution in [-0.4, -0.2) is 12.9 Å². The molecule has 2 atom stereocenters. The maximum Gasteiger partial charge on any atom is 0.154 e. The molecular weight excluding hydrogens is 250 g/mol. The summed E-state index contributed by atoms with van der Waals surface area (Å²) in [4.78, 5) is 12.4. The number of methoxy groups -OCH3 is 1. The van der Waals surface area contributed by atoms with Crippen LogP contribution >= 0.6 is 0 Å². The van der Waals surface area contributed by atoms with Crippen molar-refractivity contribution in [3.8, 4) is 11.8 Å². The number of nitrogens with zero attached hydrogens (tertiary/aromatic N) is 1. The number of benzene rings is 1. The van der Waals surface area contributed by atoms with E-state index in [2.05, 4.69) is 33.8 Å². The molecule has 20 heavy (non-hydrogen) atoms. The van der Waals surface area contributed by atoms with Crippen LogP contribution in [0, 0.1) is 22.7 Å². The summed E-state index contributed by atoms with van der Waals surface area (Å²) in [6, 6.07) is 9.34. The Morgan fingerprint density at radius 2 is 1.95 bits per heavy atom. The number of ether oxygens (including phenoxy) is 1. The van der Waals surface area contributed by atoms with Gasteiger partial charge < -0.3 is 4.74 Å². The third kappa shape index (κ3) is 3.84. The van der Waals surface area contributed by atoms with Crippen molar-refractivity contribution in [2.75, 3.05) is 7.11 Å². The molecule has 0 aliphatic rings. The van der Waals surface area contributed by atoms with Gasteiger partial charge >= 0.3 is 0 Å². The summed E-state index contributed by atoms with van der Waals surface area (Å²) >= 11 is 0. The standard InChI is InChI=1S/C17H23NO2/c1-12(17(2,3)4)10-15(19)14(11-18)13-8-6-7-9-16(13)20-5/h6-9,12,14H,10H2,1-5H3. The third-order valence-corrected chi connectivity index (χ3v) is 3.89. The van der Waals surface area contributed by atoms with E-state index < -0.39 is 5.92 Å². The van der Waals surface area contributed by atoms with E-state index in [1.54, 1.807) is 19.2 Å². The van der Waals surface area contributed by atoms with Gasteiger partial charge in [-0.25, -0.2) is 0 Å². The van der Waals surface area contributed by atoms with Crippen LogP contribution in [-0.2, 0) is 4.79 Å². The minimum Gasteiger partial charge on any atom is -0.496 e. The fourth-order valence-corrected chi connectivity index (χ4v) is 1.95. The van der Waals surface area contributed by atoms with Gasteiger partial charge in [-0.15, -0.1) is 0 Å². The van der Waals surface area contributed by atoms with Gasteiger partial charge in [-0.1, -0.05) is 45.9 Å². The fourth-order valence-electron chi connectivity index (χ4n) is 1.95. The van der Waals surface area contributed by atoms with Gasteiger partial charge in [-0.3, -0.25) is 4.79 Å². The third-order valence-electron chi connectivity index (χ3n) is 3.89. The molecule has 0 radical (unpaired) electrons. The number of rotatable bonds is 5. The highest BCUT2D eigenvalue weighted by Gasteiger charge is 2.28. The highest BCUT2D eigenvalue weighted by atomic mass is 16.5. The molecule has 1 aromatic carbocycles. The molecule has 0 spiro atoms. The molecule has 0 aliphatic heterocycles. The maximum atomic E-state index is 12.4. The molecule has 3 nitrogen and oxygen atoms in total. The lowest BCUT2D eigenvalue weighted by Crippen LogP contribution is -2.23. The van der Waals surface area contributed by atoms with Crippen molar-refractivity contribution < 1.29 is 9.53 Å². The van der Waals surface area contributed by atoms with Crippen molar-refractivity contribution in [1.29, 1.82) is 5.26 Å². The normalized spacial score (nSPS) is 14.2. The Hall–Kier alpha value is -1.82. The van der Waals surface area contributed by atoms with Gasteiger partial charge in [0.25, 0.3) is 0 Å². The summed E-state index contributed by atoms with van der Waals surface area (Å²) in [6.45, 7) is 8.37. The summed E-state index contributed by atoms with van der Waals surface area (Å²) in [5, 5.41) is 9.36. The van der Waals surface area contributed by atoms with E-state index in [1.807, 2.05) is 12.1 Å². The zero-order valence-electron chi connectivity index (χ0n) is 12.9. The average molecular weight is 273 g/mol. The zero-order chi connectivity index (χ0) is 15.3. The van der Waals surface area contributed by atoms with E-state index in [1.165, 1.54) is 0 Å². The number of Topliss-reactive ketones (excluding diaryl/α,β-unsaturated/α-hetero) is 1. The number of hydrogen-bond donors (Lipinski definition) is 0. The zero-order valence-corrected chi connectivity index (χ0v) is 12.9. The van der Waals surface area contributed by atoms with E-state index in [9.17, 15) is 10.1 Å². The van der Waals surface area contributed by atoms with Gasteiger partial charge in [0, 0.05) is 12.0 Å². The molecule has 0 saturated heterocycles. The SMILES string of the molecule is COc1ccccc1C(C#N)C(=O)CC(C)C(C)(C)C. The second kappa shape index (κ2) is 6.56. The first-order chi connectivity index (χ1) is 9.31.